The SMILES string of the molecule is CCCC(Cc1nc(-c2ccc(C)cc2)no1)NCC. The third kappa shape index (κ3) is 3.90. The summed E-state index contributed by atoms with van der Waals surface area (Å²) in [6, 6.07) is 8.58. The quantitative estimate of drug-likeness (QED) is 0.840. The first-order valence-electron chi connectivity index (χ1n) is 7.36. The molecule has 0 aliphatic carbocycles. The van der Waals surface area contributed by atoms with Gasteiger partial charge in [-0.1, -0.05) is 55.3 Å². The standard InChI is InChI=1S/C16H23N3O/c1-4-6-14(17-5-2)11-15-18-16(19-20-15)13-9-7-12(3)8-10-13/h7-10,14,17H,4-6,11H2,1-3H3. The highest BCUT2D eigenvalue weighted by atomic mass is 16.5. The predicted octanol–water partition coefficient (Wildman–Crippen LogP) is 3.37. The molecule has 0 aliphatic heterocycles. The Morgan fingerprint density at radius 2 is 1.95 bits per heavy atom. The summed E-state index contributed by atoms with van der Waals surface area (Å²) in [7, 11) is 0. The Kier molecular flexibility index (Phi) is 5.30. The van der Waals surface area contributed by atoms with Crippen LogP contribution in [0.25, 0.3) is 11.4 Å². The van der Waals surface area contributed by atoms with E-state index < -0.39 is 0 Å². The molecular formula is C16H23N3O. The molecule has 20 heavy (non-hydrogen) atoms. The Morgan fingerprint density at radius 3 is 2.60 bits per heavy atom. The van der Waals surface area contributed by atoms with Crippen molar-refractivity contribution in [1.29, 1.82) is 0 Å². The van der Waals surface area contributed by atoms with E-state index in [0.29, 0.717) is 17.8 Å². The van der Waals surface area contributed by atoms with Crippen molar-refractivity contribution in [3.63, 3.8) is 0 Å². The molecule has 1 unspecified atom stereocenters. The average Bonchev–Trinajstić information content (AvgIpc) is 2.89. The fraction of sp³-hybridized carbons (Fsp3) is 0.500. The number of aromatic nitrogens is 2. The minimum absolute atomic E-state index is 0.413. The lowest BCUT2D eigenvalue weighted by Gasteiger charge is -2.14. The van der Waals surface area contributed by atoms with Gasteiger partial charge in [-0.3, -0.25) is 0 Å². The Hall–Kier alpha value is -1.68. The number of aryl methyl sites for hydroxylation is 1. The van der Waals surface area contributed by atoms with Crippen LogP contribution in [0.5, 0.6) is 0 Å². The molecule has 2 rings (SSSR count). The fourth-order valence-corrected chi connectivity index (χ4v) is 2.28. The average molecular weight is 273 g/mol. The Labute approximate surface area is 120 Å². The summed E-state index contributed by atoms with van der Waals surface area (Å²) in [5.74, 6) is 1.38. The zero-order valence-electron chi connectivity index (χ0n) is 12.5. The van der Waals surface area contributed by atoms with Crippen molar-refractivity contribution < 1.29 is 4.52 Å². The van der Waals surface area contributed by atoms with Gasteiger partial charge in [0.2, 0.25) is 11.7 Å². The van der Waals surface area contributed by atoms with Crippen LogP contribution in [0.3, 0.4) is 0 Å². The molecule has 1 N–H and O–H groups in total. The van der Waals surface area contributed by atoms with Crippen LogP contribution in [0.1, 0.15) is 38.1 Å². The normalized spacial score (nSPS) is 12.6. The van der Waals surface area contributed by atoms with Crippen molar-refractivity contribution in [3.8, 4) is 11.4 Å². The lowest BCUT2D eigenvalue weighted by atomic mass is 10.1. The molecule has 1 aromatic heterocycles. The van der Waals surface area contributed by atoms with Gasteiger partial charge in [-0.2, -0.15) is 4.98 Å². The number of nitrogens with zero attached hydrogens (tertiary/aromatic N) is 2. The van der Waals surface area contributed by atoms with Crippen molar-refractivity contribution in [1.82, 2.24) is 15.5 Å². The molecule has 4 heteroatoms. The van der Waals surface area contributed by atoms with Gasteiger partial charge in [0.25, 0.3) is 0 Å². The Morgan fingerprint density at radius 1 is 1.20 bits per heavy atom. The molecule has 1 atom stereocenters. The second-order valence-corrected chi connectivity index (χ2v) is 5.13. The summed E-state index contributed by atoms with van der Waals surface area (Å²) < 4.78 is 5.37. The van der Waals surface area contributed by atoms with Crippen molar-refractivity contribution in [2.75, 3.05) is 6.54 Å². The Bertz CT molecular complexity index is 513. The van der Waals surface area contributed by atoms with E-state index in [1.54, 1.807) is 0 Å². The third-order valence-electron chi connectivity index (χ3n) is 3.33. The van der Waals surface area contributed by atoms with Gasteiger partial charge in [0.05, 0.1) is 0 Å². The smallest absolute Gasteiger partial charge is 0.228 e. The highest BCUT2D eigenvalue weighted by Gasteiger charge is 2.14. The number of benzene rings is 1. The number of hydrogen-bond donors (Lipinski definition) is 1. The zero-order valence-corrected chi connectivity index (χ0v) is 12.5. The summed E-state index contributed by atoms with van der Waals surface area (Å²) in [4.78, 5) is 4.50. The van der Waals surface area contributed by atoms with Crippen LogP contribution in [-0.2, 0) is 6.42 Å². The molecule has 1 aromatic carbocycles. The van der Waals surface area contributed by atoms with Crippen LogP contribution >= 0.6 is 0 Å². The molecule has 1 heterocycles. The molecule has 4 nitrogen and oxygen atoms in total. The third-order valence-corrected chi connectivity index (χ3v) is 3.33. The van der Waals surface area contributed by atoms with Crippen LogP contribution in [-0.4, -0.2) is 22.7 Å². The van der Waals surface area contributed by atoms with Crippen LogP contribution in [0, 0.1) is 6.92 Å². The molecule has 108 valence electrons. The molecule has 0 saturated carbocycles. The molecular weight excluding hydrogens is 250 g/mol. The van der Waals surface area contributed by atoms with E-state index in [2.05, 4.69) is 48.4 Å². The number of likely N-dealkylation sites (N-methyl/N-ethyl adjacent to an activating group) is 1. The number of hydrogen-bond acceptors (Lipinski definition) is 4. The van der Waals surface area contributed by atoms with Crippen LogP contribution in [0.4, 0.5) is 0 Å². The molecule has 2 aromatic rings. The summed E-state index contributed by atoms with van der Waals surface area (Å²) >= 11 is 0. The zero-order chi connectivity index (χ0) is 14.4. The van der Waals surface area contributed by atoms with E-state index in [9.17, 15) is 0 Å². The van der Waals surface area contributed by atoms with Crippen LogP contribution in [0.15, 0.2) is 28.8 Å². The first-order chi connectivity index (χ1) is 9.72. The lowest BCUT2D eigenvalue weighted by Crippen LogP contribution is -2.30. The summed E-state index contributed by atoms with van der Waals surface area (Å²) in [5, 5.41) is 7.54. The topological polar surface area (TPSA) is 51.0 Å². The predicted molar refractivity (Wildman–Crippen MR) is 80.5 cm³/mol. The van der Waals surface area contributed by atoms with E-state index in [1.807, 2.05) is 12.1 Å². The first kappa shape index (κ1) is 14.7. The van der Waals surface area contributed by atoms with Gasteiger partial charge >= 0.3 is 0 Å². The van der Waals surface area contributed by atoms with E-state index >= 15 is 0 Å². The van der Waals surface area contributed by atoms with Crippen molar-refractivity contribution in [3.05, 3.63) is 35.7 Å². The van der Waals surface area contributed by atoms with Gasteiger partial charge in [-0.15, -0.1) is 0 Å². The van der Waals surface area contributed by atoms with E-state index in [0.717, 1.165) is 31.4 Å². The van der Waals surface area contributed by atoms with E-state index in [4.69, 9.17) is 4.52 Å². The van der Waals surface area contributed by atoms with Crippen LogP contribution < -0.4 is 5.32 Å². The summed E-state index contributed by atoms with van der Waals surface area (Å²) in [6.07, 6.45) is 3.06. The van der Waals surface area contributed by atoms with Gasteiger partial charge in [-0.25, -0.2) is 0 Å². The van der Waals surface area contributed by atoms with Gasteiger partial charge in [0.1, 0.15) is 0 Å². The fourth-order valence-electron chi connectivity index (χ4n) is 2.28. The largest absolute Gasteiger partial charge is 0.339 e. The van der Waals surface area contributed by atoms with Crippen LogP contribution in [0.2, 0.25) is 0 Å². The molecule has 0 spiro atoms. The molecule has 0 radical (unpaired) electrons. The van der Waals surface area contributed by atoms with Gasteiger partial charge in [0, 0.05) is 18.0 Å². The van der Waals surface area contributed by atoms with E-state index in [-0.39, 0.29) is 0 Å². The minimum Gasteiger partial charge on any atom is -0.339 e. The maximum absolute atomic E-state index is 5.37. The maximum atomic E-state index is 5.37. The number of nitrogens with one attached hydrogen (secondary N) is 1. The monoisotopic (exact) mass is 273 g/mol. The van der Waals surface area contributed by atoms with Crippen molar-refractivity contribution >= 4 is 0 Å². The van der Waals surface area contributed by atoms with Gasteiger partial charge in [0.15, 0.2) is 0 Å². The highest BCUT2D eigenvalue weighted by Crippen LogP contribution is 2.17. The van der Waals surface area contributed by atoms with Gasteiger partial charge in [-0.05, 0) is 19.9 Å². The lowest BCUT2D eigenvalue weighted by molar-refractivity contribution is 0.352. The molecule has 0 amide bonds. The molecule has 0 fully saturated rings. The van der Waals surface area contributed by atoms with E-state index in [1.165, 1.54) is 5.56 Å². The molecule has 0 saturated heterocycles. The molecule has 0 bridgehead atoms. The van der Waals surface area contributed by atoms with Gasteiger partial charge < -0.3 is 9.84 Å². The van der Waals surface area contributed by atoms with Crippen molar-refractivity contribution in [2.45, 2.75) is 46.1 Å². The Balaban J connectivity index is 2.06. The van der Waals surface area contributed by atoms with Crippen molar-refractivity contribution in [2.24, 2.45) is 0 Å². The summed E-state index contributed by atoms with van der Waals surface area (Å²) in [5.41, 5.74) is 2.23. The highest BCUT2D eigenvalue weighted by molar-refractivity contribution is 5.54. The second kappa shape index (κ2) is 7.20. The minimum atomic E-state index is 0.413. The summed E-state index contributed by atoms with van der Waals surface area (Å²) in [6.45, 7) is 7.34. The molecule has 0 aliphatic rings. The first-order valence-corrected chi connectivity index (χ1v) is 7.36. The second-order valence-electron chi connectivity index (χ2n) is 5.13. The maximum Gasteiger partial charge on any atom is 0.228 e. The number of rotatable bonds is 7.